The molecule has 136 valence electrons. The normalized spacial score (nSPS) is 23.2. The van der Waals surface area contributed by atoms with E-state index >= 15 is 0 Å². The van der Waals surface area contributed by atoms with Crippen LogP contribution < -0.4 is 10.6 Å². The molecule has 7 nitrogen and oxygen atoms in total. The molecule has 25 heavy (non-hydrogen) atoms. The second-order valence-electron chi connectivity index (χ2n) is 7.27. The van der Waals surface area contributed by atoms with Crippen molar-refractivity contribution >= 4 is 27.5 Å². The average Bonchev–Trinajstić information content (AvgIpc) is 3.02. The number of hydrogen-bond acceptors (Lipinski definition) is 5. The first-order valence-corrected chi connectivity index (χ1v) is 10.1. The minimum atomic E-state index is -0.245. The number of amides is 2. The first-order chi connectivity index (χ1) is 12.1. The monoisotopic (exact) mass is 362 g/mol. The molecule has 2 amide bonds. The molecule has 1 atom stereocenters. The maximum Gasteiger partial charge on any atom is 0.315 e. The third kappa shape index (κ3) is 3.31. The highest BCUT2D eigenvalue weighted by Gasteiger charge is 2.33. The number of aromatic nitrogens is 3. The van der Waals surface area contributed by atoms with Crippen LogP contribution in [0.3, 0.4) is 0 Å². The predicted molar refractivity (Wildman–Crippen MR) is 99.1 cm³/mol. The quantitative estimate of drug-likeness (QED) is 0.891. The van der Waals surface area contributed by atoms with Gasteiger partial charge in [-0.25, -0.2) is 14.3 Å². The van der Waals surface area contributed by atoms with Gasteiger partial charge < -0.3 is 15.5 Å². The summed E-state index contributed by atoms with van der Waals surface area (Å²) in [5, 5.41) is 5.72. The fourth-order valence-corrected chi connectivity index (χ4v) is 5.28. The number of anilines is 1. The summed E-state index contributed by atoms with van der Waals surface area (Å²) in [5.74, 6) is 0.549. The lowest BCUT2D eigenvalue weighted by Gasteiger charge is -2.39. The standard InChI is InChI=1S/C17H26N6OS/c1-12-11-23-16(19-12)25-17(20-23)21-9-6-13(7-10-21)14-5-3-2-4-8-22(14)15(18)24/h11,13-14H,2-10H2,1H3,(H2,18,24). The largest absolute Gasteiger partial charge is 0.351 e. The first kappa shape index (κ1) is 16.6. The average molecular weight is 363 g/mol. The molecule has 4 heterocycles. The Kier molecular flexibility index (Phi) is 4.54. The van der Waals surface area contributed by atoms with Crippen LogP contribution in [0.15, 0.2) is 6.20 Å². The highest BCUT2D eigenvalue weighted by atomic mass is 32.1. The fourth-order valence-electron chi connectivity index (χ4n) is 4.30. The maximum atomic E-state index is 11.9. The molecule has 0 spiro atoms. The van der Waals surface area contributed by atoms with Crippen LogP contribution in [-0.2, 0) is 0 Å². The lowest BCUT2D eigenvalue weighted by Crippen LogP contribution is -2.49. The van der Waals surface area contributed by atoms with Crippen LogP contribution in [0.2, 0.25) is 0 Å². The van der Waals surface area contributed by atoms with Gasteiger partial charge in [0.15, 0.2) is 0 Å². The SMILES string of the molecule is Cc1cn2nc(N3CCC(C4CCCCCN4C(N)=O)CC3)sc2n1. The Balaban J connectivity index is 1.42. The minimum absolute atomic E-state index is 0.245. The summed E-state index contributed by atoms with van der Waals surface area (Å²) in [4.78, 5) is 21.6. The molecule has 0 aliphatic carbocycles. The molecule has 2 aromatic heterocycles. The van der Waals surface area contributed by atoms with E-state index in [-0.39, 0.29) is 6.03 Å². The number of likely N-dealkylation sites (tertiary alicyclic amines) is 1. The Morgan fingerprint density at radius 2 is 2.00 bits per heavy atom. The minimum Gasteiger partial charge on any atom is -0.351 e. The molecule has 0 bridgehead atoms. The van der Waals surface area contributed by atoms with Gasteiger partial charge in [0.25, 0.3) is 0 Å². The summed E-state index contributed by atoms with van der Waals surface area (Å²) in [5.41, 5.74) is 6.66. The van der Waals surface area contributed by atoms with Gasteiger partial charge in [-0.15, -0.1) is 5.10 Å². The zero-order chi connectivity index (χ0) is 17.4. The Morgan fingerprint density at radius 3 is 2.72 bits per heavy atom. The molecule has 8 heteroatoms. The van der Waals surface area contributed by atoms with E-state index < -0.39 is 0 Å². The van der Waals surface area contributed by atoms with E-state index in [1.54, 1.807) is 11.3 Å². The number of imidazole rings is 1. The molecule has 0 radical (unpaired) electrons. The fraction of sp³-hybridized carbons (Fsp3) is 0.706. The summed E-state index contributed by atoms with van der Waals surface area (Å²) >= 11 is 1.65. The van der Waals surface area contributed by atoms with Crippen LogP contribution in [0.25, 0.3) is 4.96 Å². The van der Waals surface area contributed by atoms with E-state index in [2.05, 4.69) is 15.0 Å². The topological polar surface area (TPSA) is 79.8 Å². The van der Waals surface area contributed by atoms with Crippen molar-refractivity contribution in [1.82, 2.24) is 19.5 Å². The van der Waals surface area contributed by atoms with Gasteiger partial charge in [-0.1, -0.05) is 24.2 Å². The molecule has 0 aromatic carbocycles. The Hall–Kier alpha value is -1.83. The molecular weight excluding hydrogens is 336 g/mol. The van der Waals surface area contributed by atoms with Crippen LogP contribution in [0.1, 0.15) is 44.2 Å². The van der Waals surface area contributed by atoms with Crippen molar-refractivity contribution in [3.05, 3.63) is 11.9 Å². The van der Waals surface area contributed by atoms with Crippen molar-refractivity contribution in [2.45, 2.75) is 51.5 Å². The molecule has 1 unspecified atom stereocenters. The van der Waals surface area contributed by atoms with Crippen LogP contribution in [0, 0.1) is 12.8 Å². The van der Waals surface area contributed by atoms with Crippen molar-refractivity contribution in [2.24, 2.45) is 11.7 Å². The molecular formula is C17H26N6OS. The summed E-state index contributed by atoms with van der Waals surface area (Å²) in [7, 11) is 0. The number of primary amides is 1. The van der Waals surface area contributed by atoms with Crippen molar-refractivity contribution in [3.8, 4) is 0 Å². The predicted octanol–water partition coefficient (Wildman–Crippen LogP) is 2.64. The van der Waals surface area contributed by atoms with Crippen molar-refractivity contribution in [2.75, 3.05) is 24.5 Å². The van der Waals surface area contributed by atoms with E-state index in [1.165, 1.54) is 12.8 Å². The number of rotatable bonds is 2. The van der Waals surface area contributed by atoms with Crippen LogP contribution in [0.4, 0.5) is 9.93 Å². The van der Waals surface area contributed by atoms with Gasteiger partial charge in [0.2, 0.25) is 10.1 Å². The van der Waals surface area contributed by atoms with Crippen molar-refractivity contribution in [3.63, 3.8) is 0 Å². The summed E-state index contributed by atoms with van der Waals surface area (Å²) in [6, 6.07) is 0.0734. The van der Waals surface area contributed by atoms with Gasteiger partial charge >= 0.3 is 6.03 Å². The number of carbonyl (C=O) groups excluding carboxylic acids is 1. The molecule has 4 rings (SSSR count). The number of fused-ring (bicyclic) bond motifs is 1. The first-order valence-electron chi connectivity index (χ1n) is 9.25. The van der Waals surface area contributed by atoms with Crippen molar-refractivity contribution in [1.29, 1.82) is 0 Å². The summed E-state index contributed by atoms with van der Waals surface area (Å²) in [6.45, 7) is 4.79. The van der Waals surface area contributed by atoms with Gasteiger partial charge in [-0.05, 0) is 38.5 Å². The van der Waals surface area contributed by atoms with Gasteiger partial charge in [0, 0.05) is 25.7 Å². The van der Waals surface area contributed by atoms with Gasteiger partial charge in [-0.2, -0.15) is 0 Å². The van der Waals surface area contributed by atoms with Crippen LogP contribution in [0.5, 0.6) is 0 Å². The van der Waals surface area contributed by atoms with E-state index in [9.17, 15) is 4.79 Å². The Labute approximate surface area is 151 Å². The highest BCUT2D eigenvalue weighted by molar-refractivity contribution is 7.20. The van der Waals surface area contributed by atoms with Crippen molar-refractivity contribution < 1.29 is 4.79 Å². The maximum absolute atomic E-state index is 11.9. The molecule has 0 saturated carbocycles. The lowest BCUT2D eigenvalue weighted by molar-refractivity contribution is 0.143. The van der Waals surface area contributed by atoms with E-state index in [1.807, 2.05) is 22.5 Å². The number of hydrogen-bond donors (Lipinski definition) is 1. The number of nitrogens with zero attached hydrogens (tertiary/aromatic N) is 5. The molecule has 2 aliphatic heterocycles. The van der Waals surface area contributed by atoms with Gasteiger partial charge in [0.1, 0.15) is 0 Å². The van der Waals surface area contributed by atoms with Gasteiger partial charge in [0.05, 0.1) is 11.9 Å². The zero-order valence-electron chi connectivity index (χ0n) is 14.7. The Bertz CT molecular complexity index is 716. The highest BCUT2D eigenvalue weighted by Crippen LogP contribution is 2.33. The molecule has 2 aromatic rings. The van der Waals surface area contributed by atoms with E-state index in [0.29, 0.717) is 12.0 Å². The van der Waals surface area contributed by atoms with Crippen LogP contribution >= 0.6 is 11.3 Å². The smallest absolute Gasteiger partial charge is 0.315 e. The zero-order valence-corrected chi connectivity index (χ0v) is 15.5. The van der Waals surface area contributed by atoms with Crippen LogP contribution in [-0.4, -0.2) is 51.2 Å². The number of nitrogens with two attached hydrogens (primary N) is 1. The summed E-state index contributed by atoms with van der Waals surface area (Å²) < 4.78 is 1.88. The number of piperidine rings is 1. The molecule has 2 aliphatic rings. The van der Waals surface area contributed by atoms with E-state index in [0.717, 1.165) is 61.1 Å². The molecule has 2 saturated heterocycles. The Morgan fingerprint density at radius 1 is 1.20 bits per heavy atom. The number of urea groups is 1. The lowest BCUT2D eigenvalue weighted by atomic mass is 9.86. The van der Waals surface area contributed by atoms with Gasteiger partial charge in [-0.3, -0.25) is 0 Å². The molecule has 2 N–H and O–H groups in total. The molecule has 2 fully saturated rings. The second-order valence-corrected chi connectivity index (χ2v) is 8.20. The third-order valence-electron chi connectivity index (χ3n) is 5.59. The van der Waals surface area contributed by atoms with E-state index in [4.69, 9.17) is 5.73 Å². The number of aryl methyl sites for hydroxylation is 1. The summed E-state index contributed by atoms with van der Waals surface area (Å²) in [6.07, 6.45) is 8.74. The number of carbonyl (C=O) groups is 1. The second kappa shape index (κ2) is 6.82. The third-order valence-corrected chi connectivity index (χ3v) is 6.57.